The molecule has 0 amide bonds. The highest BCUT2D eigenvalue weighted by atomic mass is 16.5. The molecule has 0 aliphatic rings. The quantitative estimate of drug-likeness (QED) is 0.313. The molecule has 13 heavy (non-hydrogen) atoms. The zero-order chi connectivity index (χ0) is 9.78. The molecule has 0 aromatic heterocycles. The van der Waals surface area contributed by atoms with Gasteiger partial charge in [0.2, 0.25) is 0 Å². The van der Waals surface area contributed by atoms with Crippen LogP contribution < -0.4 is 0 Å². The second-order valence-electron chi connectivity index (χ2n) is 3.08. The van der Waals surface area contributed by atoms with Crippen molar-refractivity contribution in [3.63, 3.8) is 0 Å². The lowest BCUT2D eigenvalue weighted by Gasteiger charge is -1.94. The Labute approximate surface area is 81.0 Å². The van der Waals surface area contributed by atoms with E-state index < -0.39 is 0 Å². The predicted octanol–water partition coefficient (Wildman–Crippen LogP) is 3.08. The summed E-state index contributed by atoms with van der Waals surface area (Å²) in [6, 6.07) is 0. The van der Waals surface area contributed by atoms with Crippen LogP contribution in [-0.4, -0.2) is 13.1 Å². The van der Waals surface area contributed by atoms with Crippen molar-refractivity contribution in [3.05, 3.63) is 12.2 Å². The summed E-state index contributed by atoms with van der Waals surface area (Å²) in [5.41, 5.74) is 0. The zero-order valence-corrected chi connectivity index (χ0v) is 8.50. The van der Waals surface area contributed by atoms with Gasteiger partial charge in [0, 0.05) is 0 Å². The molecule has 0 atom stereocenters. The van der Waals surface area contributed by atoms with Crippen LogP contribution in [0.15, 0.2) is 12.2 Å². The van der Waals surface area contributed by atoms with Crippen LogP contribution in [0.1, 0.15) is 45.4 Å². The van der Waals surface area contributed by atoms with E-state index in [0.29, 0.717) is 13.1 Å². The van der Waals surface area contributed by atoms with Gasteiger partial charge in [-0.15, -0.1) is 0 Å². The molecule has 2 heteroatoms. The Morgan fingerprint density at radius 2 is 1.77 bits per heavy atom. The summed E-state index contributed by atoms with van der Waals surface area (Å²) >= 11 is 0. The van der Waals surface area contributed by atoms with Gasteiger partial charge in [-0.3, -0.25) is 4.79 Å². The number of carbonyl (C=O) groups is 1. The lowest BCUT2D eigenvalue weighted by molar-refractivity contribution is -0.128. The Bertz CT molecular complexity index is 130. The first kappa shape index (κ1) is 12.2. The molecule has 0 N–H and O–H groups in total. The topological polar surface area (TPSA) is 26.3 Å². The van der Waals surface area contributed by atoms with Crippen LogP contribution in [0, 0.1) is 0 Å². The fraction of sp³-hybridized carbons (Fsp3) is 0.727. The minimum absolute atomic E-state index is 0.505. The number of unbranched alkanes of at least 4 members (excludes halogenated alkanes) is 4. The fourth-order valence-electron chi connectivity index (χ4n) is 1.08. The molecule has 0 aliphatic carbocycles. The summed E-state index contributed by atoms with van der Waals surface area (Å²) in [5.74, 6) is 0. The monoisotopic (exact) mass is 184 g/mol. The highest BCUT2D eigenvalue weighted by Crippen LogP contribution is 2.00. The molecule has 0 fully saturated rings. The van der Waals surface area contributed by atoms with Crippen molar-refractivity contribution >= 4 is 6.47 Å². The van der Waals surface area contributed by atoms with E-state index in [9.17, 15) is 4.79 Å². The second-order valence-corrected chi connectivity index (χ2v) is 3.08. The summed E-state index contributed by atoms with van der Waals surface area (Å²) in [6.07, 6.45) is 11.4. The van der Waals surface area contributed by atoms with Gasteiger partial charge in [0.05, 0.1) is 6.61 Å². The highest BCUT2D eigenvalue weighted by Gasteiger charge is 1.84. The van der Waals surface area contributed by atoms with Crippen molar-refractivity contribution < 1.29 is 9.53 Å². The third-order valence-electron chi connectivity index (χ3n) is 1.84. The lowest BCUT2D eigenvalue weighted by atomic mass is 10.2. The summed E-state index contributed by atoms with van der Waals surface area (Å²) in [7, 11) is 0. The van der Waals surface area contributed by atoms with E-state index in [1.165, 1.54) is 25.7 Å². The molecule has 0 saturated carbocycles. The SMILES string of the molecule is CCCCCC=CCCCOC=O. The molecule has 0 rings (SSSR count). The van der Waals surface area contributed by atoms with Crippen LogP contribution in [0.3, 0.4) is 0 Å². The number of carbonyl (C=O) groups excluding carboxylic acids is 1. The standard InChI is InChI=1S/C11H20O2/c1-2-3-4-5-6-7-8-9-10-13-11-12/h6-7,11H,2-5,8-10H2,1H3. The van der Waals surface area contributed by atoms with Gasteiger partial charge < -0.3 is 4.74 Å². The number of ether oxygens (including phenoxy) is 1. The van der Waals surface area contributed by atoms with Gasteiger partial charge in [-0.25, -0.2) is 0 Å². The molecule has 0 aromatic carbocycles. The van der Waals surface area contributed by atoms with Gasteiger partial charge in [0.15, 0.2) is 0 Å². The molecule has 2 nitrogen and oxygen atoms in total. The number of rotatable bonds is 9. The van der Waals surface area contributed by atoms with Crippen molar-refractivity contribution in [2.45, 2.75) is 45.4 Å². The number of hydrogen-bond acceptors (Lipinski definition) is 2. The van der Waals surface area contributed by atoms with Crippen LogP contribution in [-0.2, 0) is 9.53 Å². The van der Waals surface area contributed by atoms with Crippen LogP contribution >= 0.6 is 0 Å². The molecule has 0 aromatic rings. The Hall–Kier alpha value is -0.790. The lowest BCUT2D eigenvalue weighted by Crippen LogP contribution is -1.89. The molecule has 0 saturated heterocycles. The minimum Gasteiger partial charge on any atom is -0.468 e. The van der Waals surface area contributed by atoms with Crippen LogP contribution in [0.4, 0.5) is 0 Å². The largest absolute Gasteiger partial charge is 0.468 e. The molecule has 0 unspecified atom stereocenters. The Balaban J connectivity index is 2.98. The maximum absolute atomic E-state index is 9.77. The molecular weight excluding hydrogens is 164 g/mol. The van der Waals surface area contributed by atoms with E-state index in [4.69, 9.17) is 0 Å². The molecule has 0 spiro atoms. The van der Waals surface area contributed by atoms with Crippen LogP contribution in [0.5, 0.6) is 0 Å². The summed E-state index contributed by atoms with van der Waals surface area (Å²) in [4.78, 5) is 9.77. The number of allylic oxidation sites excluding steroid dienone is 2. The van der Waals surface area contributed by atoms with Gasteiger partial charge in [-0.1, -0.05) is 31.9 Å². The van der Waals surface area contributed by atoms with Crippen molar-refractivity contribution in [2.24, 2.45) is 0 Å². The predicted molar refractivity (Wildman–Crippen MR) is 54.5 cm³/mol. The zero-order valence-electron chi connectivity index (χ0n) is 8.50. The molecule has 0 heterocycles. The van der Waals surface area contributed by atoms with E-state index in [1.54, 1.807) is 0 Å². The summed E-state index contributed by atoms with van der Waals surface area (Å²) in [5, 5.41) is 0. The molecule has 0 aliphatic heterocycles. The maximum atomic E-state index is 9.77. The first-order valence-electron chi connectivity index (χ1n) is 5.12. The minimum atomic E-state index is 0.505. The molecule has 76 valence electrons. The normalized spacial score (nSPS) is 10.5. The second kappa shape index (κ2) is 11.2. The molecule has 0 radical (unpaired) electrons. The Morgan fingerprint density at radius 3 is 2.38 bits per heavy atom. The van der Waals surface area contributed by atoms with Gasteiger partial charge in [0.1, 0.15) is 0 Å². The van der Waals surface area contributed by atoms with E-state index in [-0.39, 0.29) is 0 Å². The van der Waals surface area contributed by atoms with E-state index in [2.05, 4.69) is 23.8 Å². The highest BCUT2D eigenvalue weighted by molar-refractivity contribution is 5.36. The first-order valence-corrected chi connectivity index (χ1v) is 5.12. The van der Waals surface area contributed by atoms with E-state index in [0.717, 1.165) is 12.8 Å². The maximum Gasteiger partial charge on any atom is 0.293 e. The van der Waals surface area contributed by atoms with Crippen LogP contribution in [0.2, 0.25) is 0 Å². The van der Waals surface area contributed by atoms with Crippen molar-refractivity contribution in [2.75, 3.05) is 6.61 Å². The first-order chi connectivity index (χ1) is 6.41. The fourth-order valence-corrected chi connectivity index (χ4v) is 1.08. The summed E-state index contributed by atoms with van der Waals surface area (Å²) in [6.45, 7) is 3.26. The average Bonchev–Trinajstić information content (AvgIpc) is 2.16. The third-order valence-corrected chi connectivity index (χ3v) is 1.84. The van der Waals surface area contributed by atoms with E-state index in [1.807, 2.05) is 0 Å². The third kappa shape index (κ3) is 11.2. The average molecular weight is 184 g/mol. The molecular formula is C11H20O2. The summed E-state index contributed by atoms with van der Waals surface area (Å²) < 4.78 is 4.56. The number of hydrogen-bond donors (Lipinski definition) is 0. The van der Waals surface area contributed by atoms with Crippen molar-refractivity contribution in [3.8, 4) is 0 Å². The van der Waals surface area contributed by atoms with Gasteiger partial charge in [0.25, 0.3) is 6.47 Å². The van der Waals surface area contributed by atoms with Crippen molar-refractivity contribution in [1.29, 1.82) is 0 Å². The Kier molecular flexibility index (Phi) is 10.5. The molecule has 0 bridgehead atoms. The smallest absolute Gasteiger partial charge is 0.293 e. The van der Waals surface area contributed by atoms with E-state index >= 15 is 0 Å². The van der Waals surface area contributed by atoms with Crippen molar-refractivity contribution in [1.82, 2.24) is 0 Å². The van der Waals surface area contributed by atoms with Crippen LogP contribution in [0.25, 0.3) is 0 Å². The van der Waals surface area contributed by atoms with Gasteiger partial charge >= 0.3 is 0 Å². The Morgan fingerprint density at radius 1 is 1.08 bits per heavy atom. The van der Waals surface area contributed by atoms with Gasteiger partial charge in [-0.05, 0) is 25.7 Å². The van der Waals surface area contributed by atoms with Gasteiger partial charge in [-0.2, -0.15) is 0 Å².